The number of rotatable bonds is 38. The molecule has 2 aromatic carbocycles. The molecule has 0 bridgehead atoms. The molecule has 0 amide bonds. The Morgan fingerprint density at radius 1 is 0.305 bits per heavy atom. The van der Waals surface area contributed by atoms with E-state index >= 15 is 0 Å². The number of benzene rings is 2. The summed E-state index contributed by atoms with van der Waals surface area (Å²) in [5, 5.41) is 0. The Kier molecular flexibility index (Phi) is 39.2. The Morgan fingerprint density at radius 3 is 0.644 bits per heavy atom. The van der Waals surface area contributed by atoms with Crippen LogP contribution in [0.3, 0.4) is 0 Å². The van der Waals surface area contributed by atoms with Gasteiger partial charge in [0.2, 0.25) is 0 Å². The first-order valence-electron chi connectivity index (χ1n) is 24.2. The van der Waals surface area contributed by atoms with Crippen LogP contribution in [0.1, 0.15) is 243 Å². The van der Waals surface area contributed by atoms with Gasteiger partial charge in [-0.1, -0.05) is 244 Å². The molecular weight excluding hydrogens is 785 g/mol. The minimum Gasteiger partial charge on any atom is -0.744 e. The van der Waals surface area contributed by atoms with Crippen molar-refractivity contribution in [1.82, 2.24) is 0 Å². The van der Waals surface area contributed by atoms with E-state index in [1.807, 2.05) is 0 Å². The number of unbranched alkanes of at least 4 members (excludes halogenated alkanes) is 32. The molecule has 0 spiro atoms. The minimum atomic E-state index is -4.32. The Bertz CT molecular complexity index is 1300. The van der Waals surface area contributed by atoms with Gasteiger partial charge in [-0.2, -0.15) is 0 Å². The third-order valence-electron chi connectivity index (χ3n) is 11.6. The van der Waals surface area contributed by atoms with Gasteiger partial charge in [-0.25, -0.2) is 16.8 Å². The SMILES string of the molecule is CCCCCCCCCCCCCCCCCCCc1ccc(S(=O)(=O)[O-])cc1.CCCCCCCCCCCCCCCCCCCc1ccc(S(=O)(=O)[O-])cc1.[Mg+2]. The van der Waals surface area contributed by atoms with E-state index in [-0.39, 0.29) is 32.8 Å². The smallest absolute Gasteiger partial charge is 0.744 e. The predicted octanol–water partition coefficient (Wildman–Crippen LogP) is 15.2. The van der Waals surface area contributed by atoms with Crippen LogP contribution >= 0.6 is 0 Å². The summed E-state index contributed by atoms with van der Waals surface area (Å²) in [6, 6.07) is 12.7. The van der Waals surface area contributed by atoms with Crippen LogP contribution in [0.5, 0.6) is 0 Å². The molecule has 0 saturated carbocycles. The molecule has 0 N–H and O–H groups in total. The second kappa shape index (κ2) is 39.8. The predicted molar refractivity (Wildman–Crippen MR) is 250 cm³/mol. The van der Waals surface area contributed by atoms with E-state index in [0.29, 0.717) is 0 Å². The Labute approximate surface area is 381 Å². The first-order chi connectivity index (χ1) is 28.1. The van der Waals surface area contributed by atoms with Crippen molar-refractivity contribution in [1.29, 1.82) is 0 Å². The van der Waals surface area contributed by atoms with Gasteiger partial charge in [0.15, 0.2) is 0 Å². The van der Waals surface area contributed by atoms with Gasteiger partial charge < -0.3 is 9.11 Å². The molecule has 336 valence electrons. The van der Waals surface area contributed by atoms with E-state index in [4.69, 9.17) is 0 Å². The summed E-state index contributed by atoms with van der Waals surface area (Å²) in [7, 11) is -8.64. The molecule has 6 nitrogen and oxygen atoms in total. The first-order valence-corrected chi connectivity index (χ1v) is 27.0. The summed E-state index contributed by atoms with van der Waals surface area (Å²) in [5.41, 5.74) is 2.22. The maximum atomic E-state index is 10.9. The van der Waals surface area contributed by atoms with Gasteiger partial charge in [0.05, 0.1) is 9.79 Å². The van der Waals surface area contributed by atoms with Gasteiger partial charge in [-0.05, 0) is 61.1 Å². The summed E-state index contributed by atoms with van der Waals surface area (Å²) in [6.07, 6.45) is 48.4. The normalized spacial score (nSPS) is 11.6. The van der Waals surface area contributed by atoms with Crippen LogP contribution in [0, 0.1) is 0 Å². The average molecular weight is 872 g/mol. The van der Waals surface area contributed by atoms with Crippen molar-refractivity contribution in [3.8, 4) is 0 Å². The van der Waals surface area contributed by atoms with Crippen LogP contribution in [-0.4, -0.2) is 49.0 Å². The molecule has 2 aromatic rings. The third-order valence-corrected chi connectivity index (χ3v) is 13.3. The van der Waals surface area contributed by atoms with Crippen LogP contribution in [0.15, 0.2) is 58.3 Å². The van der Waals surface area contributed by atoms with E-state index in [0.717, 1.165) is 36.8 Å². The second-order valence-corrected chi connectivity index (χ2v) is 19.8. The van der Waals surface area contributed by atoms with E-state index < -0.39 is 20.2 Å². The largest absolute Gasteiger partial charge is 2.00 e. The van der Waals surface area contributed by atoms with Crippen LogP contribution in [-0.2, 0) is 33.1 Å². The quantitative estimate of drug-likeness (QED) is 0.0377. The van der Waals surface area contributed by atoms with Crippen molar-refractivity contribution in [2.45, 2.75) is 255 Å². The monoisotopic (exact) mass is 871 g/mol. The molecule has 0 heterocycles. The zero-order chi connectivity index (χ0) is 42.4. The zero-order valence-electron chi connectivity index (χ0n) is 38.0. The van der Waals surface area contributed by atoms with Crippen molar-refractivity contribution < 1.29 is 25.9 Å². The fraction of sp³-hybridized carbons (Fsp3) is 0.760. The van der Waals surface area contributed by atoms with E-state index in [1.165, 1.54) is 230 Å². The van der Waals surface area contributed by atoms with Crippen molar-refractivity contribution in [2.75, 3.05) is 0 Å². The van der Waals surface area contributed by atoms with Crippen LogP contribution < -0.4 is 0 Å². The van der Waals surface area contributed by atoms with E-state index in [2.05, 4.69) is 13.8 Å². The van der Waals surface area contributed by atoms with E-state index in [1.54, 1.807) is 24.3 Å². The first kappa shape index (κ1) is 58.0. The summed E-state index contributed by atoms with van der Waals surface area (Å²) < 4.78 is 65.5. The standard InChI is InChI=1S/2C25H44O3S.Mg/c2*1-2-3-4-5-6-7-8-9-10-11-12-13-14-15-16-17-18-19-24-20-22-25(23-21-24)29(26,27)28;/h2*20-23H,2-19H2,1H3,(H,26,27,28);/q;;+2/p-2. The Morgan fingerprint density at radius 2 is 0.475 bits per heavy atom. The van der Waals surface area contributed by atoms with Crippen molar-refractivity contribution >= 4 is 43.3 Å². The Hall–Kier alpha value is -0.974. The van der Waals surface area contributed by atoms with Gasteiger partial charge in [-0.15, -0.1) is 0 Å². The van der Waals surface area contributed by atoms with Gasteiger partial charge in [0.25, 0.3) is 0 Å². The summed E-state index contributed by atoms with van der Waals surface area (Å²) >= 11 is 0. The molecule has 0 radical (unpaired) electrons. The van der Waals surface area contributed by atoms with Crippen LogP contribution in [0.25, 0.3) is 0 Å². The van der Waals surface area contributed by atoms with Crippen molar-refractivity contribution in [3.05, 3.63) is 59.7 Å². The molecule has 0 aliphatic heterocycles. The van der Waals surface area contributed by atoms with E-state index in [9.17, 15) is 25.9 Å². The maximum Gasteiger partial charge on any atom is 2.00 e. The minimum absolute atomic E-state index is 0. The molecule has 9 heteroatoms. The molecular formula is C50H86MgO6S2. The Balaban J connectivity index is 0.00000112. The topological polar surface area (TPSA) is 114 Å². The summed E-state index contributed by atoms with van der Waals surface area (Å²) in [4.78, 5) is -0.271. The molecule has 0 fully saturated rings. The van der Waals surface area contributed by atoms with Crippen LogP contribution in [0.2, 0.25) is 0 Å². The summed E-state index contributed by atoms with van der Waals surface area (Å²) in [6.45, 7) is 4.55. The number of hydrogen-bond donors (Lipinski definition) is 0. The second-order valence-electron chi connectivity index (χ2n) is 17.0. The fourth-order valence-electron chi connectivity index (χ4n) is 7.75. The molecule has 2 rings (SSSR count). The molecule has 59 heavy (non-hydrogen) atoms. The van der Waals surface area contributed by atoms with Gasteiger partial charge in [0.1, 0.15) is 20.2 Å². The van der Waals surface area contributed by atoms with Gasteiger partial charge >= 0.3 is 23.1 Å². The molecule has 0 saturated heterocycles. The molecule has 0 aromatic heterocycles. The number of hydrogen-bond acceptors (Lipinski definition) is 6. The van der Waals surface area contributed by atoms with Gasteiger partial charge in [0, 0.05) is 0 Å². The third kappa shape index (κ3) is 36.2. The van der Waals surface area contributed by atoms with Crippen LogP contribution in [0.4, 0.5) is 0 Å². The maximum absolute atomic E-state index is 10.9. The van der Waals surface area contributed by atoms with Crippen molar-refractivity contribution in [3.63, 3.8) is 0 Å². The zero-order valence-corrected chi connectivity index (χ0v) is 41.1. The number of aryl methyl sites for hydroxylation is 2. The molecule has 0 aliphatic carbocycles. The average Bonchev–Trinajstić information content (AvgIpc) is 3.20. The molecule has 0 atom stereocenters. The molecule has 0 aliphatic rings. The fourth-order valence-corrected chi connectivity index (χ4v) is 8.69. The van der Waals surface area contributed by atoms with Crippen molar-refractivity contribution in [2.24, 2.45) is 0 Å². The molecule has 0 unspecified atom stereocenters. The van der Waals surface area contributed by atoms with Gasteiger partial charge in [-0.3, -0.25) is 0 Å². The summed E-state index contributed by atoms with van der Waals surface area (Å²) in [5.74, 6) is 0.